The van der Waals surface area contributed by atoms with Gasteiger partial charge in [-0.25, -0.2) is 8.42 Å². The maximum Gasteiger partial charge on any atom is 0.193 e. The molecule has 0 bridgehead atoms. The molecule has 22 heavy (non-hydrogen) atoms. The Labute approximate surface area is 152 Å². The van der Waals surface area contributed by atoms with Crippen LogP contribution in [0.1, 0.15) is 26.7 Å². The zero-order valence-corrected chi connectivity index (χ0v) is 17.4. The Balaban J connectivity index is 0.00000441. The molecule has 0 heterocycles. The molecule has 0 aromatic heterocycles. The van der Waals surface area contributed by atoms with Crippen molar-refractivity contribution >= 4 is 39.8 Å². The topological polar surface area (TPSA) is 71.0 Å². The summed E-state index contributed by atoms with van der Waals surface area (Å²) < 4.78 is 28.2. The standard InChI is InChI=1S/C14H29N3O3S.HI/c1-14(2,21(5,18)19)11-16-13(15-3)17(4)8-9-20-10-12-6-7-12;/h12H,6-11H2,1-5H3,(H,15,16);1H. The van der Waals surface area contributed by atoms with E-state index in [1.807, 2.05) is 11.9 Å². The van der Waals surface area contributed by atoms with Crippen molar-refractivity contribution in [2.75, 3.05) is 46.7 Å². The molecular weight excluding hydrogens is 417 g/mol. The number of hydrogen-bond acceptors (Lipinski definition) is 4. The molecule has 0 spiro atoms. The predicted molar refractivity (Wildman–Crippen MR) is 102 cm³/mol. The lowest BCUT2D eigenvalue weighted by atomic mass is 10.2. The Bertz CT molecular complexity index is 462. The summed E-state index contributed by atoms with van der Waals surface area (Å²) >= 11 is 0. The summed E-state index contributed by atoms with van der Waals surface area (Å²) in [6, 6.07) is 0. The van der Waals surface area contributed by atoms with Crippen LogP contribution in [0.25, 0.3) is 0 Å². The van der Waals surface area contributed by atoms with E-state index < -0.39 is 14.6 Å². The zero-order chi connectivity index (χ0) is 16.1. The van der Waals surface area contributed by atoms with Crippen LogP contribution in [0.5, 0.6) is 0 Å². The summed E-state index contributed by atoms with van der Waals surface area (Å²) in [6.45, 7) is 5.98. The highest BCUT2D eigenvalue weighted by molar-refractivity contribution is 14.0. The van der Waals surface area contributed by atoms with Crippen LogP contribution in [-0.4, -0.2) is 70.7 Å². The number of ether oxygens (including phenoxy) is 1. The summed E-state index contributed by atoms with van der Waals surface area (Å²) in [5, 5.41) is 3.12. The third-order valence-corrected chi connectivity index (χ3v) is 6.02. The first-order chi connectivity index (χ1) is 9.67. The van der Waals surface area contributed by atoms with Crippen LogP contribution in [0.4, 0.5) is 0 Å². The Hall–Kier alpha value is -0.0900. The SMILES string of the molecule is CN=C(NCC(C)(C)S(C)(=O)=O)N(C)CCOCC1CC1.I. The fourth-order valence-electron chi connectivity index (χ4n) is 1.65. The molecule has 0 aliphatic heterocycles. The quantitative estimate of drug-likeness (QED) is 0.263. The Kier molecular flexibility index (Phi) is 9.23. The van der Waals surface area contributed by atoms with Crippen molar-refractivity contribution < 1.29 is 13.2 Å². The van der Waals surface area contributed by atoms with Gasteiger partial charge in [0.1, 0.15) is 0 Å². The molecule has 1 N–H and O–H groups in total. The smallest absolute Gasteiger partial charge is 0.193 e. The zero-order valence-electron chi connectivity index (χ0n) is 14.3. The molecule has 0 atom stereocenters. The summed E-state index contributed by atoms with van der Waals surface area (Å²) in [5.41, 5.74) is 0. The van der Waals surface area contributed by atoms with Gasteiger partial charge in [-0.1, -0.05) is 0 Å². The van der Waals surface area contributed by atoms with Gasteiger partial charge < -0.3 is 15.0 Å². The lowest BCUT2D eigenvalue weighted by molar-refractivity contribution is 0.115. The van der Waals surface area contributed by atoms with E-state index in [9.17, 15) is 8.42 Å². The number of hydrogen-bond donors (Lipinski definition) is 1. The molecule has 6 nitrogen and oxygen atoms in total. The highest BCUT2D eigenvalue weighted by Gasteiger charge is 2.30. The fraction of sp³-hybridized carbons (Fsp3) is 0.929. The van der Waals surface area contributed by atoms with Crippen molar-refractivity contribution in [3.63, 3.8) is 0 Å². The number of sulfone groups is 1. The van der Waals surface area contributed by atoms with Gasteiger partial charge in [-0.2, -0.15) is 0 Å². The largest absolute Gasteiger partial charge is 0.379 e. The molecular formula is C14H30IN3O3S. The third-order valence-electron chi connectivity index (χ3n) is 3.87. The van der Waals surface area contributed by atoms with Crippen LogP contribution in [0, 0.1) is 5.92 Å². The van der Waals surface area contributed by atoms with Crippen LogP contribution in [0.3, 0.4) is 0 Å². The molecule has 8 heteroatoms. The molecule has 1 aliphatic carbocycles. The number of nitrogens with one attached hydrogen (secondary N) is 1. The van der Waals surface area contributed by atoms with Gasteiger partial charge in [-0.15, -0.1) is 24.0 Å². The van der Waals surface area contributed by atoms with Crippen molar-refractivity contribution in [1.29, 1.82) is 0 Å². The number of rotatable bonds is 8. The first kappa shape index (κ1) is 21.9. The molecule has 0 saturated heterocycles. The van der Waals surface area contributed by atoms with E-state index >= 15 is 0 Å². The van der Waals surface area contributed by atoms with Gasteiger partial charge in [0.2, 0.25) is 0 Å². The average Bonchev–Trinajstić information content (AvgIpc) is 3.18. The second kappa shape index (κ2) is 9.27. The molecule has 0 radical (unpaired) electrons. The van der Waals surface area contributed by atoms with Crippen molar-refractivity contribution in [1.82, 2.24) is 10.2 Å². The number of halogens is 1. The minimum atomic E-state index is -3.12. The minimum absolute atomic E-state index is 0. The summed E-state index contributed by atoms with van der Waals surface area (Å²) in [7, 11) is 0.496. The molecule has 0 amide bonds. The molecule has 132 valence electrons. The maximum absolute atomic E-state index is 11.7. The van der Waals surface area contributed by atoms with Crippen LogP contribution in [0.15, 0.2) is 4.99 Å². The van der Waals surface area contributed by atoms with Gasteiger partial charge in [0, 0.05) is 40.0 Å². The summed E-state index contributed by atoms with van der Waals surface area (Å²) in [5.74, 6) is 1.45. The second-order valence-corrected chi connectivity index (χ2v) is 9.02. The highest BCUT2D eigenvalue weighted by atomic mass is 127. The van der Waals surface area contributed by atoms with Crippen LogP contribution in [0.2, 0.25) is 0 Å². The Morgan fingerprint density at radius 3 is 2.45 bits per heavy atom. The van der Waals surface area contributed by atoms with E-state index in [2.05, 4.69) is 10.3 Å². The van der Waals surface area contributed by atoms with Gasteiger partial charge in [0.15, 0.2) is 15.8 Å². The number of likely N-dealkylation sites (N-methyl/N-ethyl adjacent to an activating group) is 1. The summed E-state index contributed by atoms with van der Waals surface area (Å²) in [4.78, 5) is 6.13. The Morgan fingerprint density at radius 1 is 1.41 bits per heavy atom. The Morgan fingerprint density at radius 2 is 2.00 bits per heavy atom. The minimum Gasteiger partial charge on any atom is -0.379 e. The third kappa shape index (κ3) is 7.45. The predicted octanol–water partition coefficient (Wildman–Crippen LogP) is 1.36. The van der Waals surface area contributed by atoms with E-state index in [0.717, 1.165) is 19.1 Å². The van der Waals surface area contributed by atoms with Crippen molar-refractivity contribution in [2.45, 2.75) is 31.4 Å². The van der Waals surface area contributed by atoms with Crippen molar-refractivity contribution in [3.8, 4) is 0 Å². The van der Waals surface area contributed by atoms with Crippen LogP contribution >= 0.6 is 24.0 Å². The van der Waals surface area contributed by atoms with Gasteiger partial charge in [0.05, 0.1) is 11.4 Å². The monoisotopic (exact) mass is 447 g/mol. The number of guanidine groups is 1. The van der Waals surface area contributed by atoms with Crippen LogP contribution < -0.4 is 5.32 Å². The van der Waals surface area contributed by atoms with Crippen molar-refractivity contribution in [3.05, 3.63) is 0 Å². The second-order valence-electron chi connectivity index (χ2n) is 6.37. The summed E-state index contributed by atoms with van der Waals surface area (Å²) in [6.07, 6.45) is 3.84. The molecule has 0 aromatic rings. The molecule has 0 aromatic carbocycles. The number of aliphatic imine (C=N–C) groups is 1. The first-order valence-electron chi connectivity index (χ1n) is 7.36. The van der Waals surface area contributed by atoms with Gasteiger partial charge in [-0.05, 0) is 32.6 Å². The van der Waals surface area contributed by atoms with Crippen molar-refractivity contribution in [2.24, 2.45) is 10.9 Å². The first-order valence-corrected chi connectivity index (χ1v) is 9.25. The van der Waals surface area contributed by atoms with E-state index in [0.29, 0.717) is 19.1 Å². The lowest BCUT2D eigenvalue weighted by Gasteiger charge is -2.27. The molecule has 1 fully saturated rings. The highest BCUT2D eigenvalue weighted by Crippen LogP contribution is 2.28. The lowest BCUT2D eigenvalue weighted by Crippen LogP contribution is -2.48. The molecule has 1 aliphatic rings. The molecule has 1 saturated carbocycles. The van der Waals surface area contributed by atoms with Gasteiger partial charge in [-0.3, -0.25) is 4.99 Å². The normalized spacial score (nSPS) is 16.1. The fourth-order valence-corrected chi connectivity index (χ4v) is 1.98. The van der Waals surface area contributed by atoms with Gasteiger partial charge >= 0.3 is 0 Å². The average molecular weight is 447 g/mol. The maximum atomic E-state index is 11.7. The number of nitrogens with zero attached hydrogens (tertiary/aromatic N) is 2. The van der Waals surface area contributed by atoms with Gasteiger partial charge in [0.25, 0.3) is 0 Å². The van der Waals surface area contributed by atoms with E-state index in [1.54, 1.807) is 20.9 Å². The molecule has 1 rings (SSSR count). The molecule has 0 unspecified atom stereocenters. The van der Waals surface area contributed by atoms with E-state index in [4.69, 9.17) is 4.74 Å². The van der Waals surface area contributed by atoms with E-state index in [1.165, 1.54) is 19.1 Å². The van der Waals surface area contributed by atoms with Crippen LogP contribution in [-0.2, 0) is 14.6 Å². The van der Waals surface area contributed by atoms with E-state index in [-0.39, 0.29) is 24.0 Å².